The van der Waals surface area contributed by atoms with Crippen LogP contribution < -0.4 is 17.0 Å². The summed E-state index contributed by atoms with van der Waals surface area (Å²) in [5, 5.41) is 0.0800. The number of aromatic nitrogens is 3. The molecule has 0 saturated carbocycles. The van der Waals surface area contributed by atoms with Gasteiger partial charge in [0, 0.05) is 13.6 Å². The zero-order valence-corrected chi connectivity index (χ0v) is 10.4. The fourth-order valence-corrected chi connectivity index (χ4v) is 2.41. The van der Waals surface area contributed by atoms with Crippen LogP contribution in [0.25, 0.3) is 11.0 Å². The monoisotopic (exact) mass is 266 g/mol. The van der Waals surface area contributed by atoms with Crippen LogP contribution >= 0.6 is 11.5 Å². The van der Waals surface area contributed by atoms with Crippen LogP contribution in [0.3, 0.4) is 0 Å². The highest BCUT2D eigenvalue weighted by atomic mass is 32.1. The Labute approximate surface area is 105 Å². The Morgan fingerprint density at radius 2 is 2.22 bits per heavy atom. The lowest BCUT2D eigenvalue weighted by atomic mass is 10.3. The van der Waals surface area contributed by atoms with Crippen molar-refractivity contribution in [3.05, 3.63) is 38.4 Å². The van der Waals surface area contributed by atoms with Crippen LogP contribution in [-0.2, 0) is 13.6 Å². The van der Waals surface area contributed by atoms with Crippen LogP contribution in [-0.4, -0.2) is 19.4 Å². The minimum absolute atomic E-state index is 0.0587. The van der Waals surface area contributed by atoms with Gasteiger partial charge in [0.2, 0.25) is 0 Å². The molecule has 0 saturated heterocycles. The fraction of sp³-hybridized carbons (Fsp3) is 0.200. The molecule has 18 heavy (non-hydrogen) atoms. The predicted molar refractivity (Wildman–Crippen MR) is 67.8 cm³/mol. The van der Waals surface area contributed by atoms with Crippen LogP contribution in [0.1, 0.15) is 9.67 Å². The van der Waals surface area contributed by atoms with Gasteiger partial charge in [-0.25, -0.2) is 4.79 Å². The molecular formula is C10H10N4O3S. The predicted octanol–water partition coefficient (Wildman–Crippen LogP) is -0.558. The summed E-state index contributed by atoms with van der Waals surface area (Å²) in [7, 11) is 1.48. The highest BCUT2D eigenvalue weighted by Crippen LogP contribution is 2.16. The number of rotatable bonds is 3. The average Bonchev–Trinajstić information content (AvgIpc) is 2.77. The van der Waals surface area contributed by atoms with E-state index in [2.05, 4.69) is 11.0 Å². The van der Waals surface area contributed by atoms with E-state index in [9.17, 15) is 14.4 Å². The van der Waals surface area contributed by atoms with Crippen molar-refractivity contribution in [3.8, 4) is 0 Å². The molecule has 0 unspecified atom stereocenters. The number of nitrogens with zero attached hydrogens (tertiary/aromatic N) is 3. The van der Waals surface area contributed by atoms with E-state index in [1.165, 1.54) is 17.7 Å². The van der Waals surface area contributed by atoms with Crippen molar-refractivity contribution in [2.24, 2.45) is 12.8 Å². The number of carbonyl (C=O) groups is 1. The van der Waals surface area contributed by atoms with Crippen LogP contribution in [0.2, 0.25) is 0 Å². The molecule has 94 valence electrons. The normalized spacial score (nSPS) is 10.7. The van der Waals surface area contributed by atoms with Gasteiger partial charge < -0.3 is 5.73 Å². The lowest BCUT2D eigenvalue weighted by molar-refractivity contribution is 0.101. The van der Waals surface area contributed by atoms with Gasteiger partial charge in [-0.3, -0.25) is 18.7 Å². The summed E-state index contributed by atoms with van der Waals surface area (Å²) < 4.78 is 6.12. The molecule has 0 aliphatic rings. The van der Waals surface area contributed by atoms with Gasteiger partial charge in [0.1, 0.15) is 10.3 Å². The summed E-state index contributed by atoms with van der Waals surface area (Å²) in [6, 6.07) is 0. The quantitative estimate of drug-likeness (QED) is 0.753. The summed E-state index contributed by atoms with van der Waals surface area (Å²) >= 11 is 0.811. The largest absolute Gasteiger partial charge is 0.365 e. The third-order valence-corrected chi connectivity index (χ3v) is 3.36. The zero-order chi connectivity index (χ0) is 13.4. The van der Waals surface area contributed by atoms with Gasteiger partial charge in [-0.15, -0.1) is 6.58 Å². The molecule has 0 aliphatic carbocycles. The molecule has 2 N–H and O–H groups in total. The number of amides is 1. The Morgan fingerprint density at radius 1 is 1.56 bits per heavy atom. The van der Waals surface area contributed by atoms with Gasteiger partial charge in [-0.05, 0) is 11.5 Å². The molecular weight excluding hydrogens is 256 g/mol. The number of nitrogens with two attached hydrogens (primary N) is 1. The second-order valence-corrected chi connectivity index (χ2v) is 4.39. The maximum Gasteiger partial charge on any atom is 0.332 e. The van der Waals surface area contributed by atoms with E-state index < -0.39 is 17.2 Å². The van der Waals surface area contributed by atoms with Crippen LogP contribution in [0.5, 0.6) is 0 Å². The summed E-state index contributed by atoms with van der Waals surface area (Å²) in [5.74, 6) is -0.733. The minimum Gasteiger partial charge on any atom is -0.365 e. The van der Waals surface area contributed by atoms with Crippen molar-refractivity contribution in [3.63, 3.8) is 0 Å². The number of allylic oxidation sites excluding steroid dienone is 1. The van der Waals surface area contributed by atoms with Crippen LogP contribution in [0.15, 0.2) is 22.2 Å². The molecule has 0 atom stereocenters. The Morgan fingerprint density at radius 3 is 2.78 bits per heavy atom. The summed E-state index contributed by atoms with van der Waals surface area (Å²) in [6.07, 6.45) is 1.43. The topological polar surface area (TPSA) is 100.0 Å². The third kappa shape index (κ3) is 1.58. The number of aryl methyl sites for hydroxylation is 1. The Kier molecular flexibility index (Phi) is 2.87. The lowest BCUT2D eigenvalue weighted by Crippen LogP contribution is -2.39. The average molecular weight is 266 g/mol. The van der Waals surface area contributed by atoms with Crippen molar-refractivity contribution in [2.45, 2.75) is 6.54 Å². The van der Waals surface area contributed by atoms with E-state index in [-0.39, 0.29) is 22.5 Å². The van der Waals surface area contributed by atoms with Crippen molar-refractivity contribution in [1.29, 1.82) is 0 Å². The third-order valence-electron chi connectivity index (χ3n) is 2.50. The first kappa shape index (κ1) is 12.2. The van der Waals surface area contributed by atoms with Crippen molar-refractivity contribution in [1.82, 2.24) is 13.5 Å². The van der Waals surface area contributed by atoms with E-state index in [0.29, 0.717) is 0 Å². The van der Waals surface area contributed by atoms with Gasteiger partial charge in [-0.1, -0.05) is 6.08 Å². The lowest BCUT2D eigenvalue weighted by Gasteiger charge is -2.05. The summed E-state index contributed by atoms with van der Waals surface area (Å²) in [6.45, 7) is 3.55. The van der Waals surface area contributed by atoms with Gasteiger partial charge in [0.05, 0.1) is 0 Å². The molecule has 1 amide bonds. The smallest absolute Gasteiger partial charge is 0.332 e. The first-order chi connectivity index (χ1) is 8.49. The standard InChI is InChI=1S/C10H10N4O3S/c1-3-4-14-9(16)5-6(7(11)15)18-12-8(5)13(2)10(14)17/h3H,1,4H2,2H3,(H2,11,15). The number of carbonyl (C=O) groups excluding carboxylic acids is 1. The Hall–Kier alpha value is -2.22. The second kappa shape index (κ2) is 4.22. The minimum atomic E-state index is -0.733. The molecule has 0 radical (unpaired) electrons. The highest BCUT2D eigenvalue weighted by Gasteiger charge is 2.19. The molecule has 2 rings (SSSR count). The maximum atomic E-state index is 12.1. The molecule has 0 spiro atoms. The van der Waals surface area contributed by atoms with E-state index in [4.69, 9.17) is 5.73 Å². The Balaban J connectivity index is 3.02. The molecule has 2 heterocycles. The molecule has 2 aromatic heterocycles. The summed E-state index contributed by atoms with van der Waals surface area (Å²) in [5.41, 5.74) is 4.27. The van der Waals surface area contributed by atoms with Crippen molar-refractivity contribution >= 4 is 28.5 Å². The van der Waals surface area contributed by atoms with E-state index in [1.54, 1.807) is 0 Å². The van der Waals surface area contributed by atoms with Gasteiger partial charge in [0.25, 0.3) is 11.5 Å². The number of fused-ring (bicyclic) bond motifs is 1. The van der Waals surface area contributed by atoms with E-state index in [1.807, 2.05) is 0 Å². The van der Waals surface area contributed by atoms with Crippen molar-refractivity contribution in [2.75, 3.05) is 0 Å². The summed E-state index contributed by atoms with van der Waals surface area (Å²) in [4.78, 5) is 35.3. The van der Waals surface area contributed by atoms with Crippen molar-refractivity contribution < 1.29 is 4.79 Å². The first-order valence-electron chi connectivity index (χ1n) is 4.99. The number of primary amides is 1. The van der Waals surface area contributed by atoms with Crippen LogP contribution in [0.4, 0.5) is 0 Å². The molecule has 8 heteroatoms. The molecule has 0 bridgehead atoms. The second-order valence-electron chi connectivity index (χ2n) is 3.62. The molecule has 7 nitrogen and oxygen atoms in total. The van der Waals surface area contributed by atoms with Gasteiger partial charge in [-0.2, -0.15) is 4.37 Å². The van der Waals surface area contributed by atoms with Gasteiger partial charge >= 0.3 is 5.69 Å². The van der Waals surface area contributed by atoms with E-state index in [0.717, 1.165) is 16.1 Å². The molecule has 2 aromatic rings. The zero-order valence-electron chi connectivity index (χ0n) is 9.54. The molecule has 0 fully saturated rings. The first-order valence-corrected chi connectivity index (χ1v) is 5.76. The highest BCUT2D eigenvalue weighted by molar-refractivity contribution is 7.09. The number of hydrogen-bond acceptors (Lipinski definition) is 5. The maximum absolute atomic E-state index is 12.1. The fourth-order valence-electron chi connectivity index (χ4n) is 1.66. The van der Waals surface area contributed by atoms with Crippen LogP contribution in [0, 0.1) is 0 Å². The molecule has 0 aliphatic heterocycles. The SMILES string of the molecule is C=CCn1c(=O)c2c(C(N)=O)snc2n(C)c1=O. The Bertz CT molecular complexity index is 768. The molecule has 0 aromatic carbocycles. The van der Waals surface area contributed by atoms with Gasteiger partial charge in [0.15, 0.2) is 5.65 Å². The van der Waals surface area contributed by atoms with E-state index >= 15 is 0 Å². The number of hydrogen-bond donors (Lipinski definition) is 1.